The molecule has 2 fully saturated rings. The van der Waals surface area contributed by atoms with Gasteiger partial charge in [0, 0.05) is 56.7 Å². The van der Waals surface area contributed by atoms with Crippen LogP contribution in [0.1, 0.15) is 37.9 Å². The molecule has 2 aliphatic rings. The van der Waals surface area contributed by atoms with Crippen molar-refractivity contribution in [1.29, 1.82) is 0 Å². The number of aryl methyl sites for hydroxylation is 1. The predicted molar refractivity (Wildman–Crippen MR) is 110 cm³/mol. The summed E-state index contributed by atoms with van der Waals surface area (Å²) in [7, 11) is 3.83. The Kier molecular flexibility index (Phi) is 4.57. The minimum atomic E-state index is -0.369. The Morgan fingerprint density at radius 1 is 1.25 bits per heavy atom. The third-order valence-corrected chi connectivity index (χ3v) is 7.01. The summed E-state index contributed by atoms with van der Waals surface area (Å²) in [5.41, 5.74) is 3.27. The molecule has 3 heterocycles. The summed E-state index contributed by atoms with van der Waals surface area (Å²) in [5, 5.41) is 4.28. The van der Waals surface area contributed by atoms with Gasteiger partial charge in [-0.15, -0.1) is 0 Å². The summed E-state index contributed by atoms with van der Waals surface area (Å²) in [4.78, 5) is 14.3. The Bertz CT molecular complexity index is 907. The maximum atomic E-state index is 11.8. The van der Waals surface area contributed by atoms with Crippen molar-refractivity contribution < 1.29 is 14.3 Å². The average Bonchev–Trinajstić information content (AvgIpc) is 3.03. The Balaban J connectivity index is 1.45. The molecule has 6 heteroatoms. The van der Waals surface area contributed by atoms with Gasteiger partial charge in [-0.25, -0.2) is 4.79 Å². The summed E-state index contributed by atoms with van der Waals surface area (Å²) in [6, 6.07) is 6.33. The van der Waals surface area contributed by atoms with Gasteiger partial charge in [0.15, 0.2) is 0 Å². The number of likely N-dealkylation sites (tertiary alicyclic amines) is 1. The number of piperidine rings is 1. The highest BCUT2D eigenvalue weighted by Gasteiger charge is 2.55. The van der Waals surface area contributed by atoms with Gasteiger partial charge in [0.2, 0.25) is 0 Å². The van der Waals surface area contributed by atoms with Gasteiger partial charge < -0.3 is 24.3 Å². The van der Waals surface area contributed by atoms with E-state index in [4.69, 9.17) is 9.47 Å². The number of ether oxygens (including phenoxy) is 2. The normalized spacial score (nSPS) is 21.1. The van der Waals surface area contributed by atoms with Crippen LogP contribution in [0.4, 0.5) is 4.79 Å². The molecule has 0 bridgehead atoms. The molecule has 0 unspecified atom stereocenters. The molecule has 152 valence electrons. The van der Waals surface area contributed by atoms with Crippen LogP contribution in [0, 0.1) is 6.92 Å². The molecule has 4 rings (SSSR count). The van der Waals surface area contributed by atoms with E-state index in [-0.39, 0.29) is 17.2 Å². The van der Waals surface area contributed by atoms with E-state index in [1.807, 2.05) is 6.07 Å². The molecule has 1 spiro atoms. The fraction of sp³-hybridized carbons (Fsp3) is 0.591. The van der Waals surface area contributed by atoms with Gasteiger partial charge >= 0.3 is 6.09 Å². The number of fused-ring (bicyclic) bond motifs is 1. The Morgan fingerprint density at radius 3 is 2.57 bits per heavy atom. The van der Waals surface area contributed by atoms with E-state index >= 15 is 0 Å². The van der Waals surface area contributed by atoms with Gasteiger partial charge in [-0.3, -0.25) is 0 Å². The lowest BCUT2D eigenvalue weighted by atomic mass is 9.76. The fourth-order valence-electron chi connectivity index (χ4n) is 4.90. The first-order valence-corrected chi connectivity index (χ1v) is 10.1. The van der Waals surface area contributed by atoms with Crippen LogP contribution in [0.5, 0.6) is 5.75 Å². The lowest BCUT2D eigenvalue weighted by molar-refractivity contribution is -0.0401. The largest absolute Gasteiger partial charge is 0.497 e. The molecule has 0 atom stereocenters. The molecule has 0 aliphatic carbocycles. The van der Waals surface area contributed by atoms with E-state index in [0.717, 1.165) is 44.6 Å². The van der Waals surface area contributed by atoms with Gasteiger partial charge in [0.1, 0.15) is 11.4 Å². The smallest absolute Gasteiger partial charge is 0.408 e. The lowest BCUT2D eigenvalue weighted by Crippen LogP contribution is -2.57. The molecule has 28 heavy (non-hydrogen) atoms. The number of carbonyl (C=O) groups excluding carboxylic acids is 1. The van der Waals surface area contributed by atoms with Gasteiger partial charge in [-0.05, 0) is 44.9 Å². The highest BCUT2D eigenvalue weighted by molar-refractivity contribution is 5.86. The molecule has 0 radical (unpaired) electrons. The second-order valence-corrected chi connectivity index (χ2v) is 8.73. The SMILES string of the molecule is COc1ccc2c(CCN3CCC4(CC3)OC(=O)NC4(C)C)c(C)n(C)c2c1. The zero-order chi connectivity index (χ0) is 20.1. The van der Waals surface area contributed by atoms with Crippen LogP contribution in [0.15, 0.2) is 18.2 Å². The fourth-order valence-corrected chi connectivity index (χ4v) is 4.90. The average molecular weight is 386 g/mol. The Morgan fingerprint density at radius 2 is 1.96 bits per heavy atom. The van der Waals surface area contributed by atoms with Crippen molar-refractivity contribution >= 4 is 17.0 Å². The number of hydrogen-bond acceptors (Lipinski definition) is 4. The van der Waals surface area contributed by atoms with Gasteiger partial charge in [0.05, 0.1) is 18.2 Å². The molecule has 0 saturated carbocycles. The minimum absolute atomic E-state index is 0.278. The summed E-state index contributed by atoms with van der Waals surface area (Å²) >= 11 is 0. The summed E-state index contributed by atoms with van der Waals surface area (Å²) in [6.07, 6.45) is 2.50. The van der Waals surface area contributed by atoms with Crippen molar-refractivity contribution in [3.8, 4) is 5.75 Å². The third-order valence-electron chi connectivity index (χ3n) is 7.01. The van der Waals surface area contributed by atoms with E-state index in [9.17, 15) is 4.79 Å². The zero-order valence-corrected chi connectivity index (χ0v) is 17.6. The molecular formula is C22H31N3O3. The predicted octanol–water partition coefficient (Wildman–Crippen LogP) is 3.39. The number of alkyl carbamates (subject to hydrolysis) is 1. The second kappa shape index (κ2) is 6.69. The number of carbonyl (C=O) groups is 1. The molecule has 6 nitrogen and oxygen atoms in total. The number of nitrogens with one attached hydrogen (secondary N) is 1. The number of hydrogen-bond donors (Lipinski definition) is 1. The monoisotopic (exact) mass is 385 g/mol. The van der Waals surface area contributed by atoms with Crippen molar-refractivity contribution in [1.82, 2.24) is 14.8 Å². The van der Waals surface area contributed by atoms with Crippen LogP contribution in [-0.2, 0) is 18.2 Å². The number of aromatic nitrogens is 1. The van der Waals surface area contributed by atoms with Crippen LogP contribution in [0.3, 0.4) is 0 Å². The van der Waals surface area contributed by atoms with Crippen molar-refractivity contribution in [2.75, 3.05) is 26.7 Å². The molecule has 1 aromatic heterocycles. The molecule has 2 aliphatic heterocycles. The number of benzene rings is 1. The van der Waals surface area contributed by atoms with E-state index in [1.165, 1.54) is 22.2 Å². The van der Waals surface area contributed by atoms with Crippen LogP contribution in [-0.4, -0.2) is 53.4 Å². The highest BCUT2D eigenvalue weighted by atomic mass is 16.6. The van der Waals surface area contributed by atoms with Crippen molar-refractivity contribution in [3.05, 3.63) is 29.5 Å². The van der Waals surface area contributed by atoms with Crippen LogP contribution in [0.2, 0.25) is 0 Å². The van der Waals surface area contributed by atoms with Crippen LogP contribution in [0.25, 0.3) is 10.9 Å². The first-order valence-electron chi connectivity index (χ1n) is 10.1. The topological polar surface area (TPSA) is 55.7 Å². The van der Waals surface area contributed by atoms with Crippen molar-refractivity contribution in [2.45, 2.75) is 51.2 Å². The summed E-state index contributed by atoms with van der Waals surface area (Å²) in [5.74, 6) is 0.892. The van der Waals surface area contributed by atoms with E-state index in [2.05, 4.69) is 54.7 Å². The maximum Gasteiger partial charge on any atom is 0.408 e. The number of methoxy groups -OCH3 is 1. The number of rotatable bonds is 4. The summed E-state index contributed by atoms with van der Waals surface area (Å²) < 4.78 is 13.4. The summed E-state index contributed by atoms with van der Waals surface area (Å²) in [6.45, 7) is 9.26. The maximum absolute atomic E-state index is 11.8. The molecule has 1 amide bonds. The lowest BCUT2D eigenvalue weighted by Gasteiger charge is -2.44. The Labute approximate surface area is 166 Å². The molecule has 2 saturated heterocycles. The second-order valence-electron chi connectivity index (χ2n) is 8.73. The third kappa shape index (κ3) is 2.94. The molecular weight excluding hydrogens is 354 g/mol. The number of nitrogens with zero attached hydrogens (tertiary/aromatic N) is 2. The van der Waals surface area contributed by atoms with Crippen LogP contribution >= 0.6 is 0 Å². The van der Waals surface area contributed by atoms with Crippen molar-refractivity contribution in [2.24, 2.45) is 7.05 Å². The van der Waals surface area contributed by atoms with Crippen molar-refractivity contribution in [3.63, 3.8) is 0 Å². The standard InChI is InChI=1S/C22H31N3O3/c1-15-17(18-7-6-16(27-5)14-19(18)24(15)4)8-11-25-12-9-22(10-13-25)21(2,3)23-20(26)28-22/h6-7,14H,8-13H2,1-5H3,(H,23,26). The minimum Gasteiger partial charge on any atom is -0.497 e. The molecule has 2 aromatic rings. The highest BCUT2D eigenvalue weighted by Crippen LogP contribution is 2.40. The first kappa shape index (κ1) is 19.1. The van der Waals surface area contributed by atoms with Gasteiger partial charge in [-0.1, -0.05) is 0 Å². The van der Waals surface area contributed by atoms with Gasteiger partial charge in [0.25, 0.3) is 0 Å². The van der Waals surface area contributed by atoms with Gasteiger partial charge in [-0.2, -0.15) is 0 Å². The van der Waals surface area contributed by atoms with E-state index in [0.29, 0.717) is 0 Å². The number of amides is 1. The van der Waals surface area contributed by atoms with E-state index < -0.39 is 0 Å². The molecule has 1 N–H and O–H groups in total. The zero-order valence-electron chi connectivity index (χ0n) is 17.6. The molecule has 1 aromatic carbocycles. The van der Waals surface area contributed by atoms with E-state index in [1.54, 1.807) is 7.11 Å². The quantitative estimate of drug-likeness (QED) is 0.877. The first-order chi connectivity index (χ1) is 13.3. The Hall–Kier alpha value is -2.21. The van der Waals surface area contributed by atoms with Crippen LogP contribution < -0.4 is 10.1 Å².